The molecule has 0 saturated carbocycles. The van der Waals surface area contributed by atoms with E-state index in [0.717, 1.165) is 6.42 Å². The number of aliphatic hydroxyl groups excluding tert-OH is 1. The van der Waals surface area contributed by atoms with Gasteiger partial charge in [-0.3, -0.25) is 0 Å². The lowest BCUT2D eigenvalue weighted by atomic mass is 10.0. The van der Waals surface area contributed by atoms with Gasteiger partial charge in [-0.15, -0.1) is 0 Å². The zero-order chi connectivity index (χ0) is 9.26. The first kappa shape index (κ1) is 8.76. The Balaban J connectivity index is 2.21. The zero-order valence-electron chi connectivity index (χ0n) is 8.09. The molecule has 0 spiro atoms. The van der Waals surface area contributed by atoms with Crippen molar-refractivity contribution in [2.45, 2.75) is 38.7 Å². The van der Waals surface area contributed by atoms with E-state index in [2.05, 4.69) is 18.2 Å². The average molecular weight is 176 g/mol. The summed E-state index contributed by atoms with van der Waals surface area (Å²) in [5, 5.41) is 9.25. The van der Waals surface area contributed by atoms with Gasteiger partial charge in [0.1, 0.15) is 0 Å². The Bertz CT molecular complexity index is 302. The molecule has 70 valence electrons. The highest BCUT2D eigenvalue weighted by Gasteiger charge is 2.10. The van der Waals surface area contributed by atoms with Crippen molar-refractivity contribution in [1.29, 1.82) is 0 Å². The van der Waals surface area contributed by atoms with Crippen molar-refractivity contribution in [2.24, 2.45) is 0 Å². The maximum absolute atomic E-state index is 9.25. The van der Waals surface area contributed by atoms with Crippen molar-refractivity contribution < 1.29 is 5.11 Å². The summed E-state index contributed by atoms with van der Waals surface area (Å²) < 4.78 is 0. The summed E-state index contributed by atoms with van der Waals surface area (Å²) >= 11 is 0. The van der Waals surface area contributed by atoms with Gasteiger partial charge in [0.15, 0.2) is 0 Å². The van der Waals surface area contributed by atoms with Crippen LogP contribution in [0.1, 0.15) is 30.0 Å². The lowest BCUT2D eigenvalue weighted by molar-refractivity contribution is 0.195. The molecule has 13 heavy (non-hydrogen) atoms. The minimum atomic E-state index is -0.223. The summed E-state index contributed by atoms with van der Waals surface area (Å²) in [6, 6.07) is 6.63. The van der Waals surface area contributed by atoms with E-state index in [-0.39, 0.29) is 6.10 Å². The van der Waals surface area contributed by atoms with E-state index in [0.29, 0.717) is 0 Å². The molecule has 1 nitrogen and oxygen atoms in total. The first-order valence-corrected chi connectivity index (χ1v) is 5.04. The van der Waals surface area contributed by atoms with Crippen LogP contribution < -0.4 is 0 Å². The molecular formula is C12H16O. The quantitative estimate of drug-likeness (QED) is 0.731. The van der Waals surface area contributed by atoms with Gasteiger partial charge in [0.05, 0.1) is 6.10 Å². The van der Waals surface area contributed by atoms with Crippen LogP contribution in [0.5, 0.6) is 0 Å². The Kier molecular flexibility index (Phi) is 2.36. The third-order valence-electron chi connectivity index (χ3n) is 2.69. The molecule has 2 rings (SSSR count). The molecule has 1 aromatic carbocycles. The maximum Gasteiger partial charge on any atom is 0.0552 e. The number of rotatable bonds is 2. The van der Waals surface area contributed by atoms with Crippen LogP contribution in [0.4, 0.5) is 0 Å². The van der Waals surface area contributed by atoms with Gasteiger partial charge in [0.2, 0.25) is 0 Å². The highest BCUT2D eigenvalue weighted by Crippen LogP contribution is 2.23. The second-order valence-electron chi connectivity index (χ2n) is 4.01. The fraction of sp³-hybridized carbons (Fsp3) is 0.500. The lowest BCUT2D eigenvalue weighted by Crippen LogP contribution is -2.04. The largest absolute Gasteiger partial charge is 0.393 e. The smallest absolute Gasteiger partial charge is 0.0552 e. The van der Waals surface area contributed by atoms with E-state index >= 15 is 0 Å². The van der Waals surface area contributed by atoms with Gasteiger partial charge >= 0.3 is 0 Å². The van der Waals surface area contributed by atoms with Gasteiger partial charge < -0.3 is 5.11 Å². The van der Waals surface area contributed by atoms with E-state index in [1.807, 2.05) is 6.92 Å². The molecule has 0 fully saturated rings. The van der Waals surface area contributed by atoms with Gasteiger partial charge in [-0.1, -0.05) is 18.2 Å². The van der Waals surface area contributed by atoms with Crippen molar-refractivity contribution in [1.82, 2.24) is 0 Å². The molecule has 0 radical (unpaired) electrons. The van der Waals surface area contributed by atoms with Crippen molar-refractivity contribution >= 4 is 0 Å². The van der Waals surface area contributed by atoms with E-state index in [1.54, 1.807) is 0 Å². The third kappa shape index (κ3) is 1.92. The standard InChI is InChI=1S/C12H16O/c1-9(13)7-10-5-6-11-3-2-4-12(11)8-10/h5-6,8-9,13H,2-4,7H2,1H3/t9-/m0/s1. The van der Waals surface area contributed by atoms with E-state index < -0.39 is 0 Å². The van der Waals surface area contributed by atoms with Crippen LogP contribution >= 0.6 is 0 Å². The fourth-order valence-corrected chi connectivity index (χ4v) is 2.09. The second-order valence-corrected chi connectivity index (χ2v) is 4.01. The van der Waals surface area contributed by atoms with Gasteiger partial charge in [-0.25, -0.2) is 0 Å². The molecule has 1 N–H and O–H groups in total. The predicted octanol–water partition coefficient (Wildman–Crippen LogP) is 2.10. The van der Waals surface area contributed by atoms with Crippen LogP contribution in [0, 0.1) is 0 Å². The molecule has 1 heteroatoms. The minimum absolute atomic E-state index is 0.223. The molecule has 1 aromatic rings. The topological polar surface area (TPSA) is 20.2 Å². The summed E-state index contributed by atoms with van der Waals surface area (Å²) in [7, 11) is 0. The number of benzene rings is 1. The van der Waals surface area contributed by atoms with E-state index in [1.165, 1.54) is 36.0 Å². The van der Waals surface area contributed by atoms with Crippen molar-refractivity contribution in [2.75, 3.05) is 0 Å². The average Bonchev–Trinajstić information content (AvgIpc) is 2.49. The highest BCUT2D eigenvalue weighted by atomic mass is 16.3. The maximum atomic E-state index is 9.25. The molecule has 1 aliphatic rings. The van der Waals surface area contributed by atoms with Gasteiger partial charge in [0.25, 0.3) is 0 Å². The molecule has 0 aromatic heterocycles. The SMILES string of the molecule is C[C@H](O)Cc1ccc2c(c1)CCC2. The fourth-order valence-electron chi connectivity index (χ4n) is 2.09. The van der Waals surface area contributed by atoms with E-state index in [9.17, 15) is 5.11 Å². The monoisotopic (exact) mass is 176 g/mol. The molecule has 1 atom stereocenters. The van der Waals surface area contributed by atoms with Crippen LogP contribution in [-0.2, 0) is 19.3 Å². The summed E-state index contributed by atoms with van der Waals surface area (Å²) in [6.07, 6.45) is 4.33. The zero-order valence-corrected chi connectivity index (χ0v) is 8.09. The molecule has 0 heterocycles. The predicted molar refractivity (Wildman–Crippen MR) is 53.9 cm³/mol. The Hall–Kier alpha value is -0.820. The molecule has 0 bridgehead atoms. The van der Waals surface area contributed by atoms with Crippen molar-refractivity contribution in [3.05, 3.63) is 34.9 Å². The second kappa shape index (κ2) is 3.51. The molecular weight excluding hydrogens is 160 g/mol. The molecule has 0 aliphatic heterocycles. The van der Waals surface area contributed by atoms with E-state index in [4.69, 9.17) is 0 Å². The summed E-state index contributed by atoms with van der Waals surface area (Å²) in [6.45, 7) is 1.84. The Morgan fingerprint density at radius 1 is 1.31 bits per heavy atom. The summed E-state index contributed by atoms with van der Waals surface area (Å²) in [5.41, 5.74) is 4.28. The number of hydrogen-bond donors (Lipinski definition) is 1. The van der Waals surface area contributed by atoms with Crippen LogP contribution in [0.3, 0.4) is 0 Å². The molecule has 0 saturated heterocycles. The first-order valence-electron chi connectivity index (χ1n) is 5.04. The number of aliphatic hydroxyl groups is 1. The van der Waals surface area contributed by atoms with Crippen LogP contribution in [0.25, 0.3) is 0 Å². The summed E-state index contributed by atoms with van der Waals surface area (Å²) in [5.74, 6) is 0. The van der Waals surface area contributed by atoms with Crippen LogP contribution in [0.2, 0.25) is 0 Å². The Morgan fingerprint density at radius 2 is 2.08 bits per heavy atom. The van der Waals surface area contributed by atoms with Gasteiger partial charge in [0, 0.05) is 0 Å². The molecule has 0 unspecified atom stereocenters. The number of fused-ring (bicyclic) bond motifs is 1. The number of aryl methyl sites for hydroxylation is 2. The van der Waals surface area contributed by atoms with Crippen LogP contribution in [0.15, 0.2) is 18.2 Å². The summed E-state index contributed by atoms with van der Waals surface area (Å²) in [4.78, 5) is 0. The lowest BCUT2D eigenvalue weighted by Gasteiger charge is -2.06. The van der Waals surface area contributed by atoms with Crippen LogP contribution in [-0.4, -0.2) is 11.2 Å². The van der Waals surface area contributed by atoms with Gasteiger partial charge in [-0.2, -0.15) is 0 Å². The molecule has 0 amide bonds. The van der Waals surface area contributed by atoms with Crippen molar-refractivity contribution in [3.8, 4) is 0 Å². The minimum Gasteiger partial charge on any atom is -0.393 e. The highest BCUT2D eigenvalue weighted by molar-refractivity contribution is 5.35. The normalized spacial score (nSPS) is 17.1. The van der Waals surface area contributed by atoms with Gasteiger partial charge in [-0.05, 0) is 49.3 Å². The first-order chi connectivity index (χ1) is 6.25. The Morgan fingerprint density at radius 3 is 2.85 bits per heavy atom. The Labute approximate surface area is 79.4 Å². The number of hydrogen-bond acceptors (Lipinski definition) is 1. The van der Waals surface area contributed by atoms with Crippen molar-refractivity contribution in [3.63, 3.8) is 0 Å². The third-order valence-corrected chi connectivity index (χ3v) is 2.69. The molecule has 1 aliphatic carbocycles.